The Kier molecular flexibility index (Phi) is 5.64. The molecule has 5 nitrogen and oxygen atoms in total. The lowest BCUT2D eigenvalue weighted by atomic mass is 10.1. The van der Waals surface area contributed by atoms with Crippen molar-refractivity contribution < 1.29 is 4.79 Å². The van der Waals surface area contributed by atoms with Crippen molar-refractivity contribution in [3.63, 3.8) is 0 Å². The van der Waals surface area contributed by atoms with Crippen LogP contribution in [-0.4, -0.2) is 32.9 Å². The summed E-state index contributed by atoms with van der Waals surface area (Å²) >= 11 is 0. The normalized spacial score (nSPS) is 14.7. The fraction of sp³-hybridized carbons (Fsp3) is 0.450. The van der Waals surface area contributed by atoms with Gasteiger partial charge in [-0.3, -0.25) is 4.79 Å². The molecular weight excluding hydrogens is 312 g/mol. The van der Waals surface area contributed by atoms with E-state index in [0.29, 0.717) is 24.1 Å². The smallest absolute Gasteiger partial charge is 0.257 e. The van der Waals surface area contributed by atoms with Gasteiger partial charge in [0.15, 0.2) is 0 Å². The lowest BCUT2D eigenvalue weighted by molar-refractivity contribution is 0.0689. The van der Waals surface area contributed by atoms with Crippen LogP contribution in [0.3, 0.4) is 0 Å². The third-order valence-electron chi connectivity index (χ3n) is 4.67. The van der Waals surface area contributed by atoms with Gasteiger partial charge in [-0.2, -0.15) is 0 Å². The molecule has 1 amide bonds. The summed E-state index contributed by atoms with van der Waals surface area (Å²) in [5, 5.41) is 3.35. The SMILES string of the molecule is CC(C)N(Cc1ccccc1)C(=O)c1cnc(NC2CCCC2)nc1. The highest BCUT2D eigenvalue weighted by Gasteiger charge is 2.20. The van der Waals surface area contributed by atoms with Gasteiger partial charge in [-0.05, 0) is 32.3 Å². The minimum absolute atomic E-state index is 0.0359. The second-order valence-electron chi connectivity index (χ2n) is 6.93. The van der Waals surface area contributed by atoms with Crippen molar-refractivity contribution in [2.24, 2.45) is 0 Å². The second kappa shape index (κ2) is 8.10. The fourth-order valence-electron chi connectivity index (χ4n) is 3.20. The number of nitrogens with zero attached hydrogens (tertiary/aromatic N) is 3. The van der Waals surface area contributed by atoms with E-state index in [9.17, 15) is 4.79 Å². The van der Waals surface area contributed by atoms with Crippen LogP contribution in [0.2, 0.25) is 0 Å². The van der Waals surface area contributed by atoms with Crippen LogP contribution < -0.4 is 5.32 Å². The number of benzene rings is 1. The minimum Gasteiger partial charge on any atom is -0.351 e. The zero-order chi connectivity index (χ0) is 17.6. The maximum Gasteiger partial charge on any atom is 0.257 e. The Morgan fingerprint density at radius 1 is 1.16 bits per heavy atom. The number of nitrogens with one attached hydrogen (secondary N) is 1. The monoisotopic (exact) mass is 338 g/mol. The van der Waals surface area contributed by atoms with Gasteiger partial charge in [0, 0.05) is 31.0 Å². The van der Waals surface area contributed by atoms with Gasteiger partial charge in [0.05, 0.1) is 5.56 Å². The molecule has 0 atom stereocenters. The number of carbonyl (C=O) groups is 1. The van der Waals surface area contributed by atoms with E-state index in [1.165, 1.54) is 25.7 Å². The van der Waals surface area contributed by atoms with Crippen LogP contribution in [-0.2, 0) is 6.54 Å². The van der Waals surface area contributed by atoms with E-state index in [4.69, 9.17) is 0 Å². The zero-order valence-corrected chi connectivity index (χ0v) is 15.0. The van der Waals surface area contributed by atoms with Gasteiger partial charge in [0.25, 0.3) is 5.91 Å². The van der Waals surface area contributed by atoms with E-state index in [1.807, 2.05) is 49.1 Å². The van der Waals surface area contributed by atoms with Gasteiger partial charge in [0.2, 0.25) is 5.95 Å². The first-order chi connectivity index (χ1) is 12.1. The van der Waals surface area contributed by atoms with Gasteiger partial charge in [0.1, 0.15) is 0 Å². The van der Waals surface area contributed by atoms with Crippen LogP contribution in [0.4, 0.5) is 5.95 Å². The lowest BCUT2D eigenvalue weighted by Crippen LogP contribution is -2.36. The largest absolute Gasteiger partial charge is 0.351 e. The van der Waals surface area contributed by atoms with Crippen molar-refractivity contribution in [1.82, 2.24) is 14.9 Å². The number of hydrogen-bond acceptors (Lipinski definition) is 4. The first-order valence-electron chi connectivity index (χ1n) is 9.07. The number of carbonyl (C=O) groups excluding carboxylic acids is 1. The fourth-order valence-corrected chi connectivity index (χ4v) is 3.20. The van der Waals surface area contributed by atoms with Crippen molar-refractivity contribution in [2.75, 3.05) is 5.32 Å². The predicted molar refractivity (Wildman–Crippen MR) is 99.4 cm³/mol. The van der Waals surface area contributed by atoms with E-state index in [0.717, 1.165) is 5.56 Å². The molecule has 2 aromatic rings. The third kappa shape index (κ3) is 4.56. The summed E-state index contributed by atoms with van der Waals surface area (Å²) in [6.07, 6.45) is 8.12. The Morgan fingerprint density at radius 2 is 1.80 bits per heavy atom. The van der Waals surface area contributed by atoms with Crippen molar-refractivity contribution in [3.8, 4) is 0 Å². The van der Waals surface area contributed by atoms with Crippen LogP contribution in [0.25, 0.3) is 0 Å². The molecule has 1 aliphatic rings. The average molecular weight is 338 g/mol. The Labute approximate surface area is 149 Å². The quantitative estimate of drug-likeness (QED) is 0.868. The molecule has 3 rings (SSSR count). The molecule has 0 spiro atoms. The number of amides is 1. The Bertz CT molecular complexity index is 679. The molecule has 1 aromatic carbocycles. The molecule has 1 aromatic heterocycles. The third-order valence-corrected chi connectivity index (χ3v) is 4.67. The maximum atomic E-state index is 12.9. The average Bonchev–Trinajstić information content (AvgIpc) is 3.13. The Morgan fingerprint density at radius 3 is 2.40 bits per heavy atom. The molecular formula is C20H26N4O. The van der Waals surface area contributed by atoms with Crippen molar-refractivity contribution in [1.29, 1.82) is 0 Å². The second-order valence-corrected chi connectivity index (χ2v) is 6.93. The van der Waals surface area contributed by atoms with Crippen LogP contribution in [0.5, 0.6) is 0 Å². The zero-order valence-electron chi connectivity index (χ0n) is 15.0. The molecule has 1 aliphatic carbocycles. The van der Waals surface area contributed by atoms with Crippen molar-refractivity contribution in [3.05, 3.63) is 53.9 Å². The molecule has 1 heterocycles. The van der Waals surface area contributed by atoms with Gasteiger partial charge in [-0.15, -0.1) is 0 Å². The summed E-state index contributed by atoms with van der Waals surface area (Å²) in [6, 6.07) is 10.6. The van der Waals surface area contributed by atoms with E-state index in [1.54, 1.807) is 12.4 Å². The number of hydrogen-bond donors (Lipinski definition) is 1. The van der Waals surface area contributed by atoms with Crippen molar-refractivity contribution >= 4 is 11.9 Å². The molecule has 25 heavy (non-hydrogen) atoms. The molecule has 1 fully saturated rings. The highest BCUT2D eigenvalue weighted by molar-refractivity contribution is 5.93. The maximum absolute atomic E-state index is 12.9. The topological polar surface area (TPSA) is 58.1 Å². The summed E-state index contributed by atoms with van der Waals surface area (Å²) in [7, 11) is 0. The molecule has 132 valence electrons. The van der Waals surface area contributed by atoms with Gasteiger partial charge >= 0.3 is 0 Å². The van der Waals surface area contributed by atoms with Crippen LogP contribution in [0.1, 0.15) is 55.5 Å². The number of aromatic nitrogens is 2. The van der Waals surface area contributed by atoms with E-state index in [-0.39, 0.29) is 11.9 Å². The van der Waals surface area contributed by atoms with Crippen LogP contribution >= 0.6 is 0 Å². The number of rotatable bonds is 6. The van der Waals surface area contributed by atoms with Gasteiger partial charge < -0.3 is 10.2 Å². The summed E-state index contributed by atoms with van der Waals surface area (Å²) in [5.74, 6) is 0.578. The standard InChI is InChI=1S/C20H26N4O/c1-15(2)24(14-16-8-4-3-5-9-16)19(25)17-12-21-20(22-13-17)23-18-10-6-7-11-18/h3-5,8-9,12-13,15,18H,6-7,10-11,14H2,1-2H3,(H,21,22,23). The first kappa shape index (κ1) is 17.4. The van der Waals surface area contributed by atoms with Crippen molar-refractivity contribution in [2.45, 2.75) is 58.2 Å². The molecule has 0 radical (unpaired) electrons. The number of anilines is 1. The van der Waals surface area contributed by atoms with E-state index < -0.39 is 0 Å². The molecule has 1 saturated carbocycles. The highest BCUT2D eigenvalue weighted by Crippen LogP contribution is 2.20. The Hall–Kier alpha value is -2.43. The Balaban J connectivity index is 1.68. The highest BCUT2D eigenvalue weighted by atomic mass is 16.2. The van der Waals surface area contributed by atoms with Gasteiger partial charge in [-0.1, -0.05) is 43.2 Å². The van der Waals surface area contributed by atoms with Crippen LogP contribution in [0.15, 0.2) is 42.7 Å². The molecule has 5 heteroatoms. The van der Waals surface area contributed by atoms with Gasteiger partial charge in [-0.25, -0.2) is 9.97 Å². The lowest BCUT2D eigenvalue weighted by Gasteiger charge is -2.27. The molecule has 0 aliphatic heterocycles. The molecule has 0 saturated heterocycles. The first-order valence-corrected chi connectivity index (χ1v) is 9.07. The summed E-state index contributed by atoms with van der Waals surface area (Å²) < 4.78 is 0. The van der Waals surface area contributed by atoms with E-state index >= 15 is 0 Å². The van der Waals surface area contributed by atoms with E-state index in [2.05, 4.69) is 15.3 Å². The molecule has 0 bridgehead atoms. The van der Waals surface area contributed by atoms with Crippen LogP contribution in [0, 0.1) is 0 Å². The summed E-state index contributed by atoms with van der Waals surface area (Å²) in [6.45, 7) is 4.63. The predicted octanol–water partition coefficient (Wildman–Crippen LogP) is 3.88. The molecule has 0 unspecified atom stereocenters. The summed E-state index contributed by atoms with van der Waals surface area (Å²) in [4.78, 5) is 23.4. The minimum atomic E-state index is -0.0359. The molecule has 1 N–H and O–H groups in total. The summed E-state index contributed by atoms with van der Waals surface area (Å²) in [5.41, 5.74) is 1.64.